The number of para-hydroxylation sites is 4. The van der Waals surface area contributed by atoms with Gasteiger partial charge in [0.25, 0.3) is 0 Å². The quantitative estimate of drug-likeness (QED) is 0.152. The van der Waals surface area contributed by atoms with Crippen molar-refractivity contribution in [1.29, 1.82) is 0 Å². The predicted octanol–water partition coefficient (Wildman–Crippen LogP) is 16.4. The van der Waals surface area contributed by atoms with E-state index in [1.807, 2.05) is 6.07 Å². The Labute approximate surface area is 385 Å². The van der Waals surface area contributed by atoms with E-state index in [9.17, 15) is 0 Å². The Kier molecular flexibility index (Phi) is 8.51. The molecule has 66 heavy (non-hydrogen) atoms. The normalized spacial score (nSPS) is 13.8. The molecule has 1 aromatic heterocycles. The second kappa shape index (κ2) is 14.7. The lowest BCUT2D eigenvalue weighted by Gasteiger charge is -2.39. The van der Waals surface area contributed by atoms with Crippen molar-refractivity contribution in [2.45, 2.75) is 24.7 Å². The molecular formula is C64H45NO. The lowest BCUT2D eigenvalue weighted by molar-refractivity contribution is 0.670. The summed E-state index contributed by atoms with van der Waals surface area (Å²) in [6, 6.07) is 87.4. The van der Waals surface area contributed by atoms with Crippen LogP contribution in [0.1, 0.15) is 55.6 Å². The highest BCUT2D eigenvalue weighted by Crippen LogP contribution is 2.67. The smallest absolute Gasteiger partial charge is 0.143 e. The summed E-state index contributed by atoms with van der Waals surface area (Å²) in [6.07, 6.45) is 0. The lowest BCUT2D eigenvalue weighted by Crippen LogP contribution is -2.33. The van der Waals surface area contributed by atoms with Crippen molar-refractivity contribution in [2.24, 2.45) is 0 Å². The number of furan rings is 1. The van der Waals surface area contributed by atoms with E-state index in [4.69, 9.17) is 4.42 Å². The van der Waals surface area contributed by atoms with Crippen molar-refractivity contribution < 1.29 is 4.42 Å². The molecule has 0 saturated heterocycles. The Bertz CT molecular complexity index is 3490. The fraction of sp³-hybridized carbons (Fsp3) is 0.0625. The number of aryl methyl sites for hydroxylation is 2. The molecule has 2 aliphatic rings. The van der Waals surface area contributed by atoms with Crippen molar-refractivity contribution in [3.05, 3.63) is 292 Å². The van der Waals surface area contributed by atoms with E-state index >= 15 is 0 Å². The molecule has 2 nitrogen and oxygen atoms in total. The van der Waals surface area contributed by atoms with Gasteiger partial charge in [0.1, 0.15) is 11.2 Å². The van der Waals surface area contributed by atoms with Crippen molar-refractivity contribution >= 4 is 39.0 Å². The van der Waals surface area contributed by atoms with Crippen LogP contribution in [0.4, 0.5) is 17.1 Å². The van der Waals surface area contributed by atoms with Gasteiger partial charge in [-0.2, -0.15) is 0 Å². The number of benzene rings is 10. The standard InChI is InChI=1S/C64H45NO/c1-42-38-55-60-57(40-42)64(48-34-36-51(37-35-48)65(49-22-11-5-12-23-49)50-24-13-6-14-25-50,47-32-30-44(31-33-47)52-27-17-28-54-53-26-15-16-29-59(53)66-62(52)54)58-41-43(2)39-56(61(58)60)63(55,45-18-7-3-8-19-45)46-20-9-4-10-21-46/h3-41H,1-2H3. The highest BCUT2D eigenvalue weighted by Gasteiger charge is 2.56. The zero-order valence-electron chi connectivity index (χ0n) is 36.9. The van der Waals surface area contributed by atoms with Gasteiger partial charge in [0.2, 0.25) is 0 Å². The van der Waals surface area contributed by atoms with Gasteiger partial charge in [0.05, 0.1) is 10.8 Å². The highest BCUT2D eigenvalue weighted by atomic mass is 16.3. The predicted molar refractivity (Wildman–Crippen MR) is 272 cm³/mol. The zero-order valence-corrected chi connectivity index (χ0v) is 36.9. The lowest BCUT2D eigenvalue weighted by atomic mass is 9.62. The summed E-state index contributed by atoms with van der Waals surface area (Å²) in [7, 11) is 0. The van der Waals surface area contributed by atoms with Gasteiger partial charge in [-0.1, -0.05) is 205 Å². The van der Waals surface area contributed by atoms with Gasteiger partial charge >= 0.3 is 0 Å². The van der Waals surface area contributed by atoms with E-state index in [1.165, 1.54) is 66.8 Å². The van der Waals surface area contributed by atoms with Gasteiger partial charge in [-0.3, -0.25) is 0 Å². The van der Waals surface area contributed by atoms with Crippen LogP contribution in [0.5, 0.6) is 0 Å². The average Bonchev–Trinajstić information content (AvgIpc) is 4.00. The van der Waals surface area contributed by atoms with Crippen LogP contribution in [0.3, 0.4) is 0 Å². The first-order chi connectivity index (χ1) is 32.5. The molecule has 0 N–H and O–H groups in total. The SMILES string of the molecule is Cc1cc2c3c(c1)C(c1ccc(-c4cccc5c4oc4ccccc45)cc1)(c1ccc(N(c4ccccc4)c4ccccc4)cc1)c1cc(C)cc(c1-3)C2(c1ccccc1)c1ccccc1. The van der Waals surface area contributed by atoms with Crippen LogP contribution in [-0.2, 0) is 10.8 Å². The Morgan fingerprint density at radius 3 is 1.24 bits per heavy atom. The van der Waals surface area contributed by atoms with Gasteiger partial charge in [0, 0.05) is 33.4 Å². The Morgan fingerprint density at radius 2 is 0.742 bits per heavy atom. The van der Waals surface area contributed by atoms with E-state index in [0.29, 0.717) is 0 Å². The summed E-state index contributed by atoms with van der Waals surface area (Å²) in [5.74, 6) is 0. The Balaban J connectivity index is 1.08. The van der Waals surface area contributed by atoms with Gasteiger partial charge < -0.3 is 9.32 Å². The van der Waals surface area contributed by atoms with Crippen molar-refractivity contribution in [3.63, 3.8) is 0 Å². The second-order valence-corrected chi connectivity index (χ2v) is 18.1. The van der Waals surface area contributed by atoms with E-state index in [0.717, 1.165) is 50.1 Å². The van der Waals surface area contributed by atoms with Gasteiger partial charge in [-0.05, 0) is 118 Å². The molecule has 0 amide bonds. The molecule has 312 valence electrons. The monoisotopic (exact) mass is 843 g/mol. The van der Waals surface area contributed by atoms with Crippen LogP contribution in [0, 0.1) is 13.8 Å². The molecule has 0 spiro atoms. The van der Waals surface area contributed by atoms with E-state index < -0.39 is 10.8 Å². The molecule has 0 fully saturated rings. The maximum Gasteiger partial charge on any atom is 0.143 e. The molecular weight excluding hydrogens is 799 g/mol. The third-order valence-corrected chi connectivity index (χ3v) is 14.5. The van der Waals surface area contributed by atoms with Gasteiger partial charge in [-0.25, -0.2) is 0 Å². The van der Waals surface area contributed by atoms with Crippen LogP contribution < -0.4 is 4.90 Å². The summed E-state index contributed by atoms with van der Waals surface area (Å²) in [4.78, 5) is 2.35. The number of rotatable bonds is 8. The molecule has 0 bridgehead atoms. The number of hydrogen-bond acceptors (Lipinski definition) is 2. The van der Waals surface area contributed by atoms with E-state index in [-0.39, 0.29) is 0 Å². The number of anilines is 3. The number of nitrogens with zero attached hydrogens (tertiary/aromatic N) is 1. The zero-order chi connectivity index (χ0) is 44.0. The third-order valence-electron chi connectivity index (χ3n) is 14.5. The minimum Gasteiger partial charge on any atom is -0.455 e. The number of fused-ring (bicyclic) bond motifs is 3. The average molecular weight is 844 g/mol. The highest BCUT2D eigenvalue weighted by molar-refractivity contribution is 6.09. The molecule has 2 aliphatic carbocycles. The first-order valence-electron chi connectivity index (χ1n) is 23.0. The van der Waals surface area contributed by atoms with Crippen molar-refractivity contribution in [2.75, 3.05) is 4.90 Å². The molecule has 0 saturated carbocycles. The van der Waals surface area contributed by atoms with E-state index in [2.05, 4.69) is 249 Å². The van der Waals surface area contributed by atoms with Crippen LogP contribution in [0.2, 0.25) is 0 Å². The molecule has 13 rings (SSSR count). The second-order valence-electron chi connectivity index (χ2n) is 18.1. The first-order valence-corrected chi connectivity index (χ1v) is 23.0. The molecule has 0 atom stereocenters. The minimum absolute atomic E-state index is 0.494. The minimum atomic E-state index is -0.626. The van der Waals surface area contributed by atoms with Gasteiger partial charge in [-0.15, -0.1) is 0 Å². The fourth-order valence-corrected chi connectivity index (χ4v) is 11.9. The first kappa shape index (κ1) is 38.3. The molecule has 0 radical (unpaired) electrons. The molecule has 11 aromatic rings. The molecule has 2 heteroatoms. The van der Waals surface area contributed by atoms with Crippen LogP contribution >= 0.6 is 0 Å². The van der Waals surface area contributed by atoms with Crippen LogP contribution in [0.15, 0.2) is 241 Å². The molecule has 10 aromatic carbocycles. The largest absolute Gasteiger partial charge is 0.455 e. The third kappa shape index (κ3) is 5.36. The summed E-state index contributed by atoms with van der Waals surface area (Å²) in [6.45, 7) is 4.57. The molecule has 0 unspecified atom stereocenters. The van der Waals surface area contributed by atoms with Crippen LogP contribution in [-0.4, -0.2) is 0 Å². The molecule has 0 aliphatic heterocycles. The summed E-state index contributed by atoms with van der Waals surface area (Å²) >= 11 is 0. The van der Waals surface area contributed by atoms with Crippen LogP contribution in [0.25, 0.3) is 44.2 Å². The van der Waals surface area contributed by atoms with Gasteiger partial charge in [0.15, 0.2) is 0 Å². The van der Waals surface area contributed by atoms with Crippen molar-refractivity contribution in [1.82, 2.24) is 0 Å². The summed E-state index contributed by atoms with van der Waals surface area (Å²) in [5, 5.41) is 2.27. The Morgan fingerprint density at radius 1 is 0.348 bits per heavy atom. The maximum absolute atomic E-state index is 6.58. The summed E-state index contributed by atoms with van der Waals surface area (Å²) in [5.41, 5.74) is 21.9. The molecule has 1 heterocycles. The maximum atomic E-state index is 6.58. The fourth-order valence-electron chi connectivity index (χ4n) is 11.9. The summed E-state index contributed by atoms with van der Waals surface area (Å²) < 4.78 is 6.58. The van der Waals surface area contributed by atoms with E-state index in [1.54, 1.807) is 0 Å². The number of hydrogen-bond donors (Lipinski definition) is 0. The van der Waals surface area contributed by atoms with Crippen molar-refractivity contribution in [3.8, 4) is 22.3 Å². The topological polar surface area (TPSA) is 16.4 Å². The Hall–Kier alpha value is -8.20.